The largest absolute Gasteiger partial charge is 0.384 e. The number of benzene rings is 1. The van der Waals surface area contributed by atoms with E-state index in [4.69, 9.17) is 5.10 Å². The van der Waals surface area contributed by atoms with Crippen LogP contribution >= 0.6 is 0 Å². The van der Waals surface area contributed by atoms with E-state index in [9.17, 15) is 15.2 Å². The van der Waals surface area contributed by atoms with Crippen molar-refractivity contribution < 1.29 is 5.11 Å². The third kappa shape index (κ3) is 4.55. The summed E-state index contributed by atoms with van der Waals surface area (Å²) in [7, 11) is 0. The Labute approximate surface area is 202 Å². The second-order valence-electron chi connectivity index (χ2n) is 9.63. The molecule has 0 radical (unpaired) electrons. The normalized spacial score (nSPS) is 18.5. The zero-order valence-electron chi connectivity index (χ0n) is 19.8. The molecule has 5 rings (SSSR count). The second-order valence-corrected chi connectivity index (χ2v) is 9.63. The summed E-state index contributed by atoms with van der Waals surface area (Å²) >= 11 is 0. The molecule has 0 saturated heterocycles. The Balaban J connectivity index is 1.46. The summed E-state index contributed by atoms with van der Waals surface area (Å²) < 4.78 is 3.53. The lowest BCUT2D eigenvalue weighted by Crippen LogP contribution is -2.23. The van der Waals surface area contributed by atoms with E-state index in [-0.39, 0.29) is 17.5 Å². The van der Waals surface area contributed by atoms with Gasteiger partial charge in [0, 0.05) is 11.9 Å². The number of hydrogen-bond acceptors (Lipinski definition) is 7. The van der Waals surface area contributed by atoms with E-state index in [2.05, 4.69) is 26.7 Å². The molecule has 0 bridgehead atoms. The van der Waals surface area contributed by atoms with Crippen molar-refractivity contribution in [2.24, 2.45) is 5.92 Å². The van der Waals surface area contributed by atoms with E-state index in [1.807, 2.05) is 35.0 Å². The van der Waals surface area contributed by atoms with Gasteiger partial charge in [-0.25, -0.2) is 4.68 Å². The Bertz CT molecular complexity index is 1450. The Hall–Kier alpha value is -3.97. The highest BCUT2D eigenvalue weighted by Gasteiger charge is 2.30. The topological polar surface area (TPSA) is 137 Å². The number of anilines is 2. The zero-order valence-corrected chi connectivity index (χ0v) is 19.8. The van der Waals surface area contributed by atoms with Gasteiger partial charge in [-0.1, -0.05) is 30.2 Å². The predicted octanol–water partition coefficient (Wildman–Crippen LogP) is 3.59. The van der Waals surface area contributed by atoms with Crippen molar-refractivity contribution in [1.82, 2.24) is 29.8 Å². The fourth-order valence-corrected chi connectivity index (χ4v) is 4.72. The fraction of sp³-hybridized carbons (Fsp3) is 0.400. The summed E-state index contributed by atoms with van der Waals surface area (Å²) in [5.74, 6) is 0.338. The van der Waals surface area contributed by atoms with Gasteiger partial charge in [-0.3, -0.25) is 9.48 Å². The number of aromatic nitrogens is 6. The third-order valence-corrected chi connectivity index (χ3v) is 6.54. The van der Waals surface area contributed by atoms with Gasteiger partial charge >= 0.3 is 0 Å². The third-order valence-electron chi connectivity index (χ3n) is 6.54. The molecule has 10 nitrogen and oxygen atoms in total. The first-order valence-corrected chi connectivity index (χ1v) is 11.8. The first-order valence-electron chi connectivity index (χ1n) is 11.8. The van der Waals surface area contributed by atoms with Crippen molar-refractivity contribution in [3.05, 3.63) is 64.3 Å². The van der Waals surface area contributed by atoms with E-state index in [0.29, 0.717) is 23.4 Å². The van der Waals surface area contributed by atoms with E-state index in [1.165, 1.54) is 0 Å². The van der Waals surface area contributed by atoms with Crippen LogP contribution in [0.15, 0.2) is 47.5 Å². The van der Waals surface area contributed by atoms with Crippen molar-refractivity contribution >= 4 is 22.4 Å². The van der Waals surface area contributed by atoms with Gasteiger partial charge in [0.25, 0.3) is 5.56 Å². The molecule has 1 fully saturated rings. The Morgan fingerprint density at radius 2 is 2.11 bits per heavy atom. The van der Waals surface area contributed by atoms with Crippen molar-refractivity contribution in [2.45, 2.75) is 57.7 Å². The molecule has 2 atom stereocenters. The van der Waals surface area contributed by atoms with Crippen LogP contribution in [-0.4, -0.2) is 34.9 Å². The van der Waals surface area contributed by atoms with Crippen molar-refractivity contribution in [2.75, 3.05) is 5.32 Å². The average Bonchev–Trinajstić information content (AvgIpc) is 3.45. The standard InChI is InChI=1S/C25H28N8O2/c1-25(2,35)21-15-32(31-29-21)14-16-6-5-8-18(12-16)28-23-22-20(10-11-27-24(22)34)33(30-23)19-9-4-3-7-17(19)13-26/h5-6,8,10-12,15,17,19,35H,3-4,7,9,14H2,1-2H3,(H,27,34)(H,28,30)/t17-,19+/m1/s1. The summed E-state index contributed by atoms with van der Waals surface area (Å²) in [5, 5.41) is 36.6. The number of aromatic amines is 1. The molecule has 1 aliphatic rings. The number of nitrogens with zero attached hydrogens (tertiary/aromatic N) is 6. The number of rotatable bonds is 6. The molecule has 10 heteroatoms. The number of H-pyrrole nitrogens is 1. The lowest BCUT2D eigenvalue weighted by molar-refractivity contribution is 0.0737. The maximum Gasteiger partial charge on any atom is 0.261 e. The zero-order chi connectivity index (χ0) is 24.6. The average molecular weight is 473 g/mol. The molecular formula is C25H28N8O2. The van der Waals surface area contributed by atoms with E-state index >= 15 is 0 Å². The minimum Gasteiger partial charge on any atom is -0.384 e. The van der Waals surface area contributed by atoms with Gasteiger partial charge in [0.2, 0.25) is 0 Å². The summed E-state index contributed by atoms with van der Waals surface area (Å²) in [5.41, 5.74) is 1.69. The highest BCUT2D eigenvalue weighted by Crippen LogP contribution is 2.36. The number of fused-ring (bicyclic) bond motifs is 1. The molecule has 1 aliphatic carbocycles. The number of nitriles is 1. The van der Waals surface area contributed by atoms with E-state index in [1.54, 1.807) is 30.9 Å². The minimum atomic E-state index is -1.06. The summed E-state index contributed by atoms with van der Waals surface area (Å²) in [6.45, 7) is 3.81. The predicted molar refractivity (Wildman–Crippen MR) is 131 cm³/mol. The van der Waals surface area contributed by atoms with Crippen LogP contribution in [0.3, 0.4) is 0 Å². The van der Waals surface area contributed by atoms with E-state index < -0.39 is 5.60 Å². The van der Waals surface area contributed by atoms with E-state index in [0.717, 1.165) is 42.5 Å². The fourth-order valence-electron chi connectivity index (χ4n) is 4.72. The molecule has 3 aromatic heterocycles. The quantitative estimate of drug-likeness (QED) is 0.390. The lowest BCUT2D eigenvalue weighted by Gasteiger charge is -2.27. The maximum absolute atomic E-state index is 12.8. The monoisotopic (exact) mass is 472 g/mol. The van der Waals surface area contributed by atoms with Gasteiger partial charge in [-0.2, -0.15) is 10.4 Å². The highest BCUT2D eigenvalue weighted by molar-refractivity contribution is 5.91. The van der Waals surface area contributed by atoms with Crippen molar-refractivity contribution in [3.63, 3.8) is 0 Å². The van der Waals surface area contributed by atoms with Gasteiger partial charge in [0.1, 0.15) is 16.7 Å². The molecule has 1 aromatic carbocycles. The van der Waals surface area contributed by atoms with Crippen LogP contribution in [0.5, 0.6) is 0 Å². The summed E-state index contributed by atoms with van der Waals surface area (Å²) in [4.78, 5) is 15.5. The highest BCUT2D eigenvalue weighted by atomic mass is 16.3. The van der Waals surface area contributed by atoms with Crippen LogP contribution in [0, 0.1) is 17.2 Å². The van der Waals surface area contributed by atoms with Gasteiger partial charge in [0.05, 0.1) is 36.3 Å². The molecule has 0 spiro atoms. The first-order chi connectivity index (χ1) is 16.8. The maximum atomic E-state index is 12.8. The van der Waals surface area contributed by atoms with Crippen molar-refractivity contribution in [1.29, 1.82) is 5.26 Å². The Morgan fingerprint density at radius 1 is 1.29 bits per heavy atom. The van der Waals surface area contributed by atoms with Crippen LogP contribution in [0.2, 0.25) is 0 Å². The SMILES string of the molecule is CC(C)(O)c1cn(Cc2cccc(Nc3nn([C@H]4CCCC[C@@H]4C#N)c4cc[nH]c(=O)c34)c2)nn1. The van der Waals surface area contributed by atoms with Gasteiger partial charge in [0.15, 0.2) is 5.82 Å². The number of hydrogen-bond donors (Lipinski definition) is 3. The number of aliphatic hydroxyl groups is 1. The second kappa shape index (κ2) is 9.00. The number of pyridine rings is 1. The Morgan fingerprint density at radius 3 is 2.89 bits per heavy atom. The van der Waals surface area contributed by atoms with Crippen LogP contribution in [0.4, 0.5) is 11.5 Å². The molecule has 0 aliphatic heterocycles. The van der Waals surface area contributed by atoms with Gasteiger partial charge in [-0.15, -0.1) is 5.10 Å². The van der Waals surface area contributed by atoms with Gasteiger partial charge < -0.3 is 15.4 Å². The molecule has 0 amide bonds. The van der Waals surface area contributed by atoms with Crippen LogP contribution in [0.25, 0.3) is 10.9 Å². The molecule has 3 heterocycles. The lowest BCUT2D eigenvalue weighted by atomic mass is 9.85. The molecule has 35 heavy (non-hydrogen) atoms. The van der Waals surface area contributed by atoms with Gasteiger partial charge in [-0.05, 0) is 50.5 Å². The minimum absolute atomic E-state index is 0.0581. The first kappa shape index (κ1) is 22.8. The molecule has 1 saturated carbocycles. The number of nitrogens with one attached hydrogen (secondary N) is 2. The van der Waals surface area contributed by atoms with Crippen molar-refractivity contribution in [3.8, 4) is 6.07 Å². The molecule has 4 aromatic rings. The summed E-state index contributed by atoms with van der Waals surface area (Å²) in [6, 6.07) is 12.0. The van der Waals surface area contributed by atoms with Crippen LogP contribution in [0.1, 0.15) is 56.8 Å². The molecule has 0 unspecified atom stereocenters. The summed E-state index contributed by atoms with van der Waals surface area (Å²) in [6.07, 6.45) is 7.13. The van der Waals surface area contributed by atoms with Crippen LogP contribution < -0.4 is 10.9 Å². The molecular weight excluding hydrogens is 444 g/mol. The smallest absolute Gasteiger partial charge is 0.261 e. The molecule has 180 valence electrons. The Kier molecular flexibility index (Phi) is 5.86. The van der Waals surface area contributed by atoms with Crippen LogP contribution in [-0.2, 0) is 12.1 Å². The molecule has 3 N–H and O–H groups in total.